The summed E-state index contributed by atoms with van der Waals surface area (Å²) in [6.45, 7) is 6.95. The van der Waals surface area contributed by atoms with E-state index in [1.54, 1.807) is 12.1 Å². The number of carbonyl (C=O) groups is 1. The molecule has 0 aromatic carbocycles. The SMILES string of the molecule is CC(C)(C)OC(=O)[C@H]1CCCN1Cc1nc(Cl)ccc1Cl. The summed E-state index contributed by atoms with van der Waals surface area (Å²) in [7, 11) is 0. The quantitative estimate of drug-likeness (QED) is 0.626. The zero-order chi connectivity index (χ0) is 15.6. The van der Waals surface area contributed by atoms with Crippen molar-refractivity contribution >= 4 is 29.2 Å². The van der Waals surface area contributed by atoms with Crippen LogP contribution < -0.4 is 0 Å². The van der Waals surface area contributed by atoms with Crippen molar-refractivity contribution in [2.24, 2.45) is 0 Å². The molecule has 0 radical (unpaired) electrons. The molecule has 1 atom stereocenters. The first-order valence-corrected chi connectivity index (χ1v) is 7.80. The molecule has 116 valence electrons. The van der Waals surface area contributed by atoms with Gasteiger partial charge in [0.25, 0.3) is 0 Å². The highest BCUT2D eigenvalue weighted by Crippen LogP contribution is 2.25. The Hall–Kier alpha value is -0.840. The van der Waals surface area contributed by atoms with Crippen molar-refractivity contribution in [3.05, 3.63) is 28.0 Å². The van der Waals surface area contributed by atoms with Crippen molar-refractivity contribution in [3.63, 3.8) is 0 Å². The number of likely N-dealkylation sites (tertiary alicyclic amines) is 1. The van der Waals surface area contributed by atoms with Gasteiger partial charge in [-0.15, -0.1) is 0 Å². The van der Waals surface area contributed by atoms with E-state index in [2.05, 4.69) is 9.88 Å². The van der Waals surface area contributed by atoms with E-state index in [-0.39, 0.29) is 12.0 Å². The summed E-state index contributed by atoms with van der Waals surface area (Å²) < 4.78 is 5.48. The molecule has 0 saturated carbocycles. The van der Waals surface area contributed by atoms with Gasteiger partial charge in [0.15, 0.2) is 0 Å². The predicted octanol–water partition coefficient (Wildman–Crippen LogP) is 3.69. The number of rotatable bonds is 3. The average molecular weight is 331 g/mol. The Labute approximate surface area is 135 Å². The van der Waals surface area contributed by atoms with Crippen molar-refractivity contribution in [3.8, 4) is 0 Å². The van der Waals surface area contributed by atoms with Gasteiger partial charge in [-0.25, -0.2) is 4.98 Å². The van der Waals surface area contributed by atoms with Gasteiger partial charge in [-0.2, -0.15) is 0 Å². The topological polar surface area (TPSA) is 42.4 Å². The third-order valence-electron chi connectivity index (χ3n) is 3.28. The normalized spacial score (nSPS) is 19.8. The van der Waals surface area contributed by atoms with Crippen LogP contribution in [0.25, 0.3) is 0 Å². The van der Waals surface area contributed by atoms with Crippen molar-refractivity contribution in [2.45, 2.75) is 51.8 Å². The van der Waals surface area contributed by atoms with Gasteiger partial charge in [-0.1, -0.05) is 23.2 Å². The molecular formula is C15H20Cl2N2O2. The van der Waals surface area contributed by atoms with Crippen LogP contribution in [-0.2, 0) is 16.1 Å². The fraction of sp³-hybridized carbons (Fsp3) is 0.600. The number of carbonyl (C=O) groups excluding carboxylic acids is 1. The summed E-state index contributed by atoms with van der Waals surface area (Å²) in [5.41, 5.74) is 0.219. The Balaban J connectivity index is 2.08. The molecule has 2 rings (SSSR count). The van der Waals surface area contributed by atoms with Crippen molar-refractivity contribution < 1.29 is 9.53 Å². The van der Waals surface area contributed by atoms with E-state index in [4.69, 9.17) is 27.9 Å². The van der Waals surface area contributed by atoms with E-state index < -0.39 is 5.60 Å². The van der Waals surface area contributed by atoms with E-state index in [1.165, 1.54) is 0 Å². The van der Waals surface area contributed by atoms with Crippen molar-refractivity contribution in [1.29, 1.82) is 0 Å². The van der Waals surface area contributed by atoms with Crippen LogP contribution in [0.5, 0.6) is 0 Å². The number of ether oxygens (including phenoxy) is 1. The summed E-state index contributed by atoms with van der Waals surface area (Å²) in [6.07, 6.45) is 1.76. The summed E-state index contributed by atoms with van der Waals surface area (Å²) in [5.74, 6) is -0.182. The molecule has 1 aromatic heterocycles. The van der Waals surface area contributed by atoms with Crippen LogP contribution in [-0.4, -0.2) is 34.0 Å². The highest BCUT2D eigenvalue weighted by molar-refractivity contribution is 6.32. The van der Waals surface area contributed by atoms with Gasteiger partial charge in [0.1, 0.15) is 16.8 Å². The minimum absolute atomic E-state index is 0.182. The number of hydrogen-bond donors (Lipinski definition) is 0. The molecule has 1 saturated heterocycles. The van der Waals surface area contributed by atoms with E-state index >= 15 is 0 Å². The molecule has 1 fully saturated rings. The lowest BCUT2D eigenvalue weighted by atomic mass is 10.1. The van der Waals surface area contributed by atoms with Gasteiger partial charge >= 0.3 is 5.97 Å². The van der Waals surface area contributed by atoms with Gasteiger partial charge in [0.2, 0.25) is 0 Å². The van der Waals surface area contributed by atoms with Gasteiger partial charge in [-0.05, 0) is 52.3 Å². The van der Waals surface area contributed by atoms with E-state index in [1.807, 2.05) is 20.8 Å². The number of halogens is 2. The van der Waals surface area contributed by atoms with E-state index in [0.29, 0.717) is 22.4 Å². The maximum Gasteiger partial charge on any atom is 0.323 e. The fourth-order valence-electron chi connectivity index (χ4n) is 2.41. The Morgan fingerprint density at radius 1 is 1.43 bits per heavy atom. The first-order chi connectivity index (χ1) is 9.76. The molecule has 0 amide bonds. The van der Waals surface area contributed by atoms with E-state index in [0.717, 1.165) is 19.4 Å². The first-order valence-electron chi connectivity index (χ1n) is 7.04. The Morgan fingerprint density at radius 3 is 2.81 bits per heavy atom. The minimum Gasteiger partial charge on any atom is -0.459 e. The van der Waals surface area contributed by atoms with Crippen molar-refractivity contribution in [2.75, 3.05) is 6.54 Å². The highest BCUT2D eigenvalue weighted by Gasteiger charge is 2.34. The zero-order valence-electron chi connectivity index (χ0n) is 12.5. The molecule has 2 heterocycles. The standard InChI is InChI=1S/C15H20Cl2N2O2/c1-15(2,3)21-14(20)12-5-4-8-19(12)9-11-10(16)6-7-13(17)18-11/h6-7,12H,4-5,8-9H2,1-3H3/t12-/m1/s1. The van der Waals surface area contributed by atoms with Crippen LogP contribution >= 0.6 is 23.2 Å². The largest absolute Gasteiger partial charge is 0.459 e. The van der Waals surface area contributed by atoms with Crippen LogP contribution in [0.15, 0.2) is 12.1 Å². The predicted molar refractivity (Wildman–Crippen MR) is 83.5 cm³/mol. The summed E-state index contributed by atoms with van der Waals surface area (Å²) in [6, 6.07) is 3.15. The molecular weight excluding hydrogens is 311 g/mol. The maximum atomic E-state index is 12.3. The molecule has 21 heavy (non-hydrogen) atoms. The van der Waals surface area contributed by atoms with Crippen LogP contribution in [0.3, 0.4) is 0 Å². The molecule has 0 N–H and O–H groups in total. The third kappa shape index (κ3) is 4.56. The fourth-order valence-corrected chi connectivity index (χ4v) is 2.74. The molecule has 0 spiro atoms. The van der Waals surface area contributed by atoms with Gasteiger partial charge in [0, 0.05) is 6.54 Å². The average Bonchev–Trinajstić information content (AvgIpc) is 2.80. The maximum absolute atomic E-state index is 12.3. The van der Waals surface area contributed by atoms with Crippen molar-refractivity contribution in [1.82, 2.24) is 9.88 Å². The van der Waals surface area contributed by atoms with Crippen LogP contribution in [0.4, 0.5) is 0 Å². The van der Waals surface area contributed by atoms with Crippen LogP contribution in [0.2, 0.25) is 10.2 Å². The molecule has 6 heteroatoms. The zero-order valence-corrected chi connectivity index (χ0v) is 14.0. The number of esters is 1. The molecule has 1 aromatic rings. The second-order valence-electron chi connectivity index (χ2n) is 6.22. The van der Waals surface area contributed by atoms with Gasteiger partial charge in [-0.3, -0.25) is 9.69 Å². The van der Waals surface area contributed by atoms with Crippen LogP contribution in [0, 0.1) is 0 Å². The summed E-state index contributed by atoms with van der Waals surface area (Å²) in [5, 5.41) is 0.969. The number of aromatic nitrogens is 1. The van der Waals surface area contributed by atoms with Crippen LogP contribution in [0.1, 0.15) is 39.3 Å². The molecule has 1 aliphatic rings. The summed E-state index contributed by atoms with van der Waals surface area (Å²) >= 11 is 12.1. The lowest BCUT2D eigenvalue weighted by Crippen LogP contribution is -2.40. The number of nitrogens with zero attached hydrogens (tertiary/aromatic N) is 2. The molecule has 4 nitrogen and oxygen atoms in total. The molecule has 1 aliphatic heterocycles. The lowest BCUT2D eigenvalue weighted by Gasteiger charge is -2.27. The van der Waals surface area contributed by atoms with Gasteiger partial charge < -0.3 is 4.74 Å². The van der Waals surface area contributed by atoms with Gasteiger partial charge in [0.05, 0.1) is 10.7 Å². The second kappa shape index (κ2) is 6.51. The first kappa shape index (κ1) is 16.5. The lowest BCUT2D eigenvalue weighted by molar-refractivity contribution is -0.160. The molecule has 0 bridgehead atoms. The number of pyridine rings is 1. The highest BCUT2D eigenvalue weighted by atomic mass is 35.5. The monoisotopic (exact) mass is 330 g/mol. The molecule has 0 aliphatic carbocycles. The Morgan fingerprint density at radius 2 is 2.14 bits per heavy atom. The minimum atomic E-state index is -0.475. The summed E-state index contributed by atoms with van der Waals surface area (Å²) in [4.78, 5) is 18.6. The van der Waals surface area contributed by atoms with E-state index in [9.17, 15) is 4.79 Å². The third-order valence-corrected chi connectivity index (χ3v) is 3.83. The molecule has 0 unspecified atom stereocenters. The smallest absolute Gasteiger partial charge is 0.323 e. The second-order valence-corrected chi connectivity index (χ2v) is 7.02. The Bertz CT molecular complexity index is 529. The Kier molecular flexibility index (Phi) is 5.12. The number of hydrogen-bond acceptors (Lipinski definition) is 4.